The summed E-state index contributed by atoms with van der Waals surface area (Å²) in [5.41, 5.74) is 2.82. The molecule has 1 N–H and O–H groups in total. The van der Waals surface area contributed by atoms with Gasteiger partial charge in [0.1, 0.15) is 0 Å². The van der Waals surface area contributed by atoms with Crippen LogP contribution in [0.4, 0.5) is 0 Å². The maximum Gasteiger partial charge on any atom is 0.0208 e. The Kier molecular flexibility index (Phi) is 4.68. The third kappa shape index (κ3) is 3.51. The summed E-state index contributed by atoms with van der Waals surface area (Å²) < 4.78 is 0. The molecule has 0 fully saturated rings. The number of hydrogen-bond donors (Lipinski definition) is 1. The van der Waals surface area contributed by atoms with Gasteiger partial charge in [-0.05, 0) is 30.9 Å². The fourth-order valence-corrected chi connectivity index (χ4v) is 1.40. The molecular weight excluding hydrogens is 170 g/mol. The molecule has 1 rings (SSSR count). The van der Waals surface area contributed by atoms with Crippen LogP contribution >= 0.6 is 0 Å². The van der Waals surface area contributed by atoms with Crippen LogP contribution in [-0.2, 0) is 13.0 Å². The normalized spacial score (nSPS) is 12.8. The summed E-state index contributed by atoms with van der Waals surface area (Å²) >= 11 is 0. The minimum Gasteiger partial charge on any atom is -0.310 e. The first-order chi connectivity index (χ1) is 6.76. The first-order valence-corrected chi connectivity index (χ1v) is 5.57. The van der Waals surface area contributed by atoms with E-state index in [0.717, 1.165) is 13.0 Å². The molecular formula is C13H21N. The molecule has 0 heterocycles. The second kappa shape index (κ2) is 5.82. The van der Waals surface area contributed by atoms with Crippen molar-refractivity contribution in [2.45, 2.75) is 46.2 Å². The molecule has 0 amide bonds. The van der Waals surface area contributed by atoms with Gasteiger partial charge in [-0.15, -0.1) is 0 Å². The van der Waals surface area contributed by atoms with Crippen LogP contribution in [0.15, 0.2) is 24.3 Å². The average Bonchev–Trinajstić information content (AvgIpc) is 2.26. The molecule has 1 aromatic rings. The van der Waals surface area contributed by atoms with Crippen LogP contribution in [0.2, 0.25) is 0 Å². The van der Waals surface area contributed by atoms with Crippen molar-refractivity contribution in [1.29, 1.82) is 0 Å². The molecule has 0 saturated heterocycles. The van der Waals surface area contributed by atoms with Crippen LogP contribution < -0.4 is 5.32 Å². The Bertz CT molecular complexity index is 268. The molecule has 0 aliphatic rings. The number of hydrogen-bond acceptors (Lipinski definition) is 1. The lowest BCUT2D eigenvalue weighted by molar-refractivity contribution is 0.534. The van der Waals surface area contributed by atoms with Gasteiger partial charge in [-0.2, -0.15) is 0 Å². The molecule has 0 bridgehead atoms. The van der Waals surface area contributed by atoms with Gasteiger partial charge in [0, 0.05) is 12.6 Å². The van der Waals surface area contributed by atoms with Gasteiger partial charge in [0.15, 0.2) is 0 Å². The third-order valence-corrected chi connectivity index (χ3v) is 2.67. The highest BCUT2D eigenvalue weighted by atomic mass is 14.9. The quantitative estimate of drug-likeness (QED) is 0.754. The summed E-state index contributed by atoms with van der Waals surface area (Å²) in [6.07, 6.45) is 2.31. The zero-order valence-corrected chi connectivity index (χ0v) is 9.51. The van der Waals surface area contributed by atoms with Crippen LogP contribution in [0.25, 0.3) is 0 Å². The zero-order chi connectivity index (χ0) is 10.4. The summed E-state index contributed by atoms with van der Waals surface area (Å²) in [7, 11) is 0. The van der Waals surface area contributed by atoms with Crippen LogP contribution in [0.1, 0.15) is 38.3 Å². The molecule has 78 valence electrons. The molecule has 0 radical (unpaired) electrons. The van der Waals surface area contributed by atoms with E-state index in [1.165, 1.54) is 17.5 Å². The Morgan fingerprint density at radius 2 is 1.93 bits per heavy atom. The van der Waals surface area contributed by atoms with Gasteiger partial charge in [-0.25, -0.2) is 0 Å². The van der Waals surface area contributed by atoms with E-state index in [9.17, 15) is 0 Å². The third-order valence-electron chi connectivity index (χ3n) is 2.67. The largest absolute Gasteiger partial charge is 0.310 e. The van der Waals surface area contributed by atoms with Crippen molar-refractivity contribution in [3.8, 4) is 0 Å². The molecule has 1 atom stereocenters. The molecule has 0 aliphatic carbocycles. The van der Waals surface area contributed by atoms with Crippen molar-refractivity contribution in [2.24, 2.45) is 0 Å². The average molecular weight is 191 g/mol. The Morgan fingerprint density at radius 3 is 2.57 bits per heavy atom. The van der Waals surface area contributed by atoms with E-state index in [2.05, 4.69) is 50.4 Å². The van der Waals surface area contributed by atoms with Crippen molar-refractivity contribution in [3.05, 3.63) is 35.4 Å². The number of rotatable bonds is 5. The fraction of sp³-hybridized carbons (Fsp3) is 0.538. The van der Waals surface area contributed by atoms with E-state index < -0.39 is 0 Å². The van der Waals surface area contributed by atoms with E-state index in [-0.39, 0.29) is 0 Å². The highest BCUT2D eigenvalue weighted by Gasteiger charge is 1.98. The topological polar surface area (TPSA) is 12.0 Å². The maximum atomic E-state index is 3.50. The van der Waals surface area contributed by atoms with E-state index >= 15 is 0 Å². The predicted molar refractivity (Wildman–Crippen MR) is 62.4 cm³/mol. The molecule has 1 nitrogen and oxygen atoms in total. The van der Waals surface area contributed by atoms with Crippen LogP contribution in [0, 0.1) is 0 Å². The number of benzene rings is 1. The monoisotopic (exact) mass is 191 g/mol. The summed E-state index contributed by atoms with van der Waals surface area (Å²) in [5.74, 6) is 0. The van der Waals surface area contributed by atoms with Crippen molar-refractivity contribution < 1.29 is 0 Å². The number of aryl methyl sites for hydroxylation is 1. The van der Waals surface area contributed by atoms with Gasteiger partial charge >= 0.3 is 0 Å². The lowest BCUT2D eigenvalue weighted by Gasteiger charge is -2.11. The molecule has 0 saturated carbocycles. The van der Waals surface area contributed by atoms with E-state index in [0.29, 0.717) is 6.04 Å². The Morgan fingerprint density at radius 1 is 1.21 bits per heavy atom. The van der Waals surface area contributed by atoms with Gasteiger partial charge in [-0.3, -0.25) is 0 Å². The smallest absolute Gasteiger partial charge is 0.0208 e. The Balaban J connectivity index is 2.50. The Labute approximate surface area is 87.5 Å². The lowest BCUT2D eigenvalue weighted by Crippen LogP contribution is -2.24. The summed E-state index contributed by atoms with van der Waals surface area (Å²) in [5, 5.41) is 3.50. The van der Waals surface area contributed by atoms with Crippen molar-refractivity contribution >= 4 is 0 Å². The maximum absolute atomic E-state index is 3.50. The van der Waals surface area contributed by atoms with Gasteiger partial charge in [0.25, 0.3) is 0 Å². The molecule has 0 aromatic heterocycles. The van der Waals surface area contributed by atoms with Crippen LogP contribution in [-0.4, -0.2) is 6.04 Å². The molecule has 14 heavy (non-hydrogen) atoms. The van der Waals surface area contributed by atoms with Crippen LogP contribution in [0.3, 0.4) is 0 Å². The van der Waals surface area contributed by atoms with E-state index in [1.807, 2.05) is 0 Å². The zero-order valence-electron chi connectivity index (χ0n) is 9.51. The van der Waals surface area contributed by atoms with Gasteiger partial charge in [-0.1, -0.05) is 38.1 Å². The van der Waals surface area contributed by atoms with Crippen molar-refractivity contribution in [1.82, 2.24) is 5.32 Å². The fourth-order valence-electron chi connectivity index (χ4n) is 1.40. The standard InChI is InChI=1S/C13H21N/c1-4-11(3)14-10-13-8-6-7-12(5-2)9-13/h6-9,11,14H,4-5,10H2,1-3H3. The highest BCUT2D eigenvalue weighted by molar-refractivity contribution is 5.23. The second-order valence-corrected chi connectivity index (χ2v) is 3.86. The highest BCUT2D eigenvalue weighted by Crippen LogP contribution is 2.06. The predicted octanol–water partition coefficient (Wildman–Crippen LogP) is 3.14. The van der Waals surface area contributed by atoms with Crippen LogP contribution in [0.5, 0.6) is 0 Å². The minimum absolute atomic E-state index is 0.611. The molecule has 1 aromatic carbocycles. The van der Waals surface area contributed by atoms with E-state index in [4.69, 9.17) is 0 Å². The van der Waals surface area contributed by atoms with Crippen molar-refractivity contribution in [2.75, 3.05) is 0 Å². The summed E-state index contributed by atoms with van der Waals surface area (Å²) in [4.78, 5) is 0. The summed E-state index contributed by atoms with van der Waals surface area (Å²) in [6.45, 7) is 7.62. The Hall–Kier alpha value is -0.820. The molecule has 0 spiro atoms. The number of nitrogens with one attached hydrogen (secondary N) is 1. The van der Waals surface area contributed by atoms with Gasteiger partial charge in [0.05, 0.1) is 0 Å². The first-order valence-electron chi connectivity index (χ1n) is 5.57. The second-order valence-electron chi connectivity index (χ2n) is 3.86. The first kappa shape index (κ1) is 11.3. The summed E-state index contributed by atoms with van der Waals surface area (Å²) in [6, 6.07) is 9.42. The minimum atomic E-state index is 0.611. The molecule has 1 unspecified atom stereocenters. The van der Waals surface area contributed by atoms with Gasteiger partial charge < -0.3 is 5.32 Å². The molecule has 0 aliphatic heterocycles. The SMILES string of the molecule is CCc1cccc(CNC(C)CC)c1. The van der Waals surface area contributed by atoms with E-state index in [1.54, 1.807) is 0 Å². The molecule has 1 heteroatoms. The van der Waals surface area contributed by atoms with Crippen molar-refractivity contribution in [3.63, 3.8) is 0 Å². The lowest BCUT2D eigenvalue weighted by atomic mass is 10.1. The van der Waals surface area contributed by atoms with Gasteiger partial charge in [0.2, 0.25) is 0 Å².